The predicted molar refractivity (Wildman–Crippen MR) is 104 cm³/mol. The Kier molecular flexibility index (Phi) is 5.62. The molecule has 1 saturated heterocycles. The minimum Gasteiger partial charge on any atom is -0.342 e. The normalized spacial score (nSPS) is 16.8. The Balaban J connectivity index is 1.56. The van der Waals surface area contributed by atoms with Gasteiger partial charge in [-0.3, -0.25) is 9.59 Å². The number of carbonyl (C=O) groups is 2. The number of hydrogen-bond donors (Lipinski definition) is 1. The maximum atomic E-state index is 12.5. The molecule has 1 unspecified atom stereocenters. The quantitative estimate of drug-likeness (QED) is 0.865. The van der Waals surface area contributed by atoms with Crippen molar-refractivity contribution in [3.8, 4) is 0 Å². The average Bonchev–Trinajstić information content (AvgIpc) is 2.94. The molecule has 0 aromatic heterocycles. The van der Waals surface area contributed by atoms with Crippen LogP contribution in [0.15, 0.2) is 42.5 Å². The molecule has 0 spiro atoms. The second kappa shape index (κ2) is 7.92. The summed E-state index contributed by atoms with van der Waals surface area (Å²) in [5.74, 6) is -0.342. The van der Waals surface area contributed by atoms with Gasteiger partial charge in [-0.1, -0.05) is 29.8 Å². The highest BCUT2D eigenvalue weighted by molar-refractivity contribution is 6.30. The van der Waals surface area contributed by atoms with Gasteiger partial charge in [-0.15, -0.1) is 0 Å². The van der Waals surface area contributed by atoms with E-state index >= 15 is 0 Å². The van der Waals surface area contributed by atoms with Crippen LogP contribution in [0.2, 0.25) is 5.02 Å². The number of aryl methyl sites for hydroxylation is 2. The van der Waals surface area contributed by atoms with Crippen LogP contribution < -0.4 is 5.32 Å². The first-order chi connectivity index (χ1) is 12.4. The van der Waals surface area contributed by atoms with Gasteiger partial charge in [0, 0.05) is 30.2 Å². The summed E-state index contributed by atoms with van der Waals surface area (Å²) < 4.78 is 0. The highest BCUT2D eigenvalue weighted by atomic mass is 35.5. The third-order valence-electron chi connectivity index (χ3n) is 4.66. The number of benzene rings is 2. The van der Waals surface area contributed by atoms with E-state index in [2.05, 4.69) is 11.4 Å². The Morgan fingerprint density at radius 1 is 1.15 bits per heavy atom. The molecule has 136 valence electrons. The largest absolute Gasteiger partial charge is 0.342 e. The SMILES string of the molecule is Cc1cc(C)cc(NC(=O)C2CC(=O)N(CCc3ccc(Cl)cc3)C2)c1. The Morgan fingerprint density at radius 2 is 1.81 bits per heavy atom. The molecule has 3 rings (SSSR count). The van der Waals surface area contributed by atoms with Gasteiger partial charge in [0.15, 0.2) is 0 Å². The molecule has 1 heterocycles. The lowest BCUT2D eigenvalue weighted by atomic mass is 10.1. The topological polar surface area (TPSA) is 49.4 Å². The zero-order chi connectivity index (χ0) is 18.7. The second-order valence-corrected chi connectivity index (χ2v) is 7.42. The first-order valence-corrected chi connectivity index (χ1v) is 9.20. The number of nitrogens with zero attached hydrogens (tertiary/aromatic N) is 1. The minimum atomic E-state index is -0.298. The van der Waals surface area contributed by atoms with Gasteiger partial charge in [-0.2, -0.15) is 0 Å². The number of anilines is 1. The number of rotatable bonds is 5. The van der Waals surface area contributed by atoms with Crippen molar-refractivity contribution < 1.29 is 9.59 Å². The Hall–Kier alpha value is -2.33. The highest BCUT2D eigenvalue weighted by Gasteiger charge is 2.34. The molecule has 2 aromatic rings. The fourth-order valence-electron chi connectivity index (χ4n) is 3.37. The van der Waals surface area contributed by atoms with Crippen LogP contribution in [0, 0.1) is 19.8 Å². The summed E-state index contributed by atoms with van der Waals surface area (Å²) in [7, 11) is 0. The molecule has 0 aliphatic carbocycles. The maximum Gasteiger partial charge on any atom is 0.229 e. The van der Waals surface area contributed by atoms with Crippen LogP contribution in [-0.2, 0) is 16.0 Å². The molecular weight excluding hydrogens is 348 g/mol. The van der Waals surface area contributed by atoms with Gasteiger partial charge < -0.3 is 10.2 Å². The Bertz CT molecular complexity index is 797. The van der Waals surface area contributed by atoms with Crippen LogP contribution in [0.4, 0.5) is 5.69 Å². The van der Waals surface area contributed by atoms with Gasteiger partial charge in [-0.25, -0.2) is 0 Å². The summed E-state index contributed by atoms with van der Waals surface area (Å²) in [5, 5.41) is 3.66. The molecule has 26 heavy (non-hydrogen) atoms. The molecule has 1 atom stereocenters. The molecular formula is C21H23ClN2O2. The summed E-state index contributed by atoms with van der Waals surface area (Å²) in [4.78, 5) is 26.6. The highest BCUT2D eigenvalue weighted by Crippen LogP contribution is 2.22. The molecule has 1 aliphatic rings. The molecule has 5 heteroatoms. The number of amides is 2. The summed E-state index contributed by atoms with van der Waals surface area (Å²) in [5.41, 5.74) is 4.13. The number of halogens is 1. The van der Waals surface area contributed by atoms with E-state index in [4.69, 9.17) is 11.6 Å². The maximum absolute atomic E-state index is 12.5. The van der Waals surface area contributed by atoms with E-state index in [0.29, 0.717) is 18.1 Å². The fourth-order valence-corrected chi connectivity index (χ4v) is 3.50. The molecule has 0 radical (unpaired) electrons. The van der Waals surface area contributed by atoms with Crippen molar-refractivity contribution in [3.63, 3.8) is 0 Å². The lowest BCUT2D eigenvalue weighted by Gasteiger charge is -2.17. The third-order valence-corrected chi connectivity index (χ3v) is 4.91. The molecule has 4 nitrogen and oxygen atoms in total. The lowest BCUT2D eigenvalue weighted by molar-refractivity contribution is -0.128. The molecule has 1 aliphatic heterocycles. The van der Waals surface area contributed by atoms with E-state index in [1.54, 1.807) is 4.90 Å². The van der Waals surface area contributed by atoms with Gasteiger partial charge in [0.2, 0.25) is 11.8 Å². The number of likely N-dealkylation sites (tertiary alicyclic amines) is 1. The number of hydrogen-bond acceptors (Lipinski definition) is 2. The van der Waals surface area contributed by atoms with E-state index in [1.807, 2.05) is 50.2 Å². The standard InChI is InChI=1S/C21H23ClN2O2/c1-14-9-15(2)11-19(10-14)23-21(26)17-12-20(25)24(13-17)8-7-16-3-5-18(22)6-4-16/h3-6,9-11,17H,7-8,12-13H2,1-2H3,(H,23,26). The van der Waals surface area contributed by atoms with Crippen molar-refractivity contribution in [1.82, 2.24) is 4.90 Å². The van der Waals surface area contributed by atoms with Gasteiger partial charge in [-0.05, 0) is 61.2 Å². The Morgan fingerprint density at radius 3 is 2.46 bits per heavy atom. The second-order valence-electron chi connectivity index (χ2n) is 6.98. The smallest absolute Gasteiger partial charge is 0.229 e. The molecule has 0 saturated carbocycles. The monoisotopic (exact) mass is 370 g/mol. The van der Waals surface area contributed by atoms with Gasteiger partial charge >= 0.3 is 0 Å². The van der Waals surface area contributed by atoms with E-state index in [9.17, 15) is 9.59 Å². The zero-order valence-electron chi connectivity index (χ0n) is 15.1. The molecule has 2 amide bonds. The molecule has 1 N–H and O–H groups in total. The van der Waals surface area contributed by atoms with Crippen LogP contribution in [0.3, 0.4) is 0 Å². The van der Waals surface area contributed by atoms with Crippen LogP contribution in [0.25, 0.3) is 0 Å². The molecule has 2 aromatic carbocycles. The van der Waals surface area contributed by atoms with E-state index in [-0.39, 0.29) is 24.2 Å². The van der Waals surface area contributed by atoms with Crippen LogP contribution >= 0.6 is 11.6 Å². The van der Waals surface area contributed by atoms with Crippen molar-refractivity contribution in [1.29, 1.82) is 0 Å². The van der Waals surface area contributed by atoms with E-state index < -0.39 is 0 Å². The van der Waals surface area contributed by atoms with E-state index in [1.165, 1.54) is 0 Å². The van der Waals surface area contributed by atoms with Gasteiger partial charge in [0.05, 0.1) is 5.92 Å². The summed E-state index contributed by atoms with van der Waals surface area (Å²) in [6.45, 7) is 5.09. The third kappa shape index (κ3) is 4.64. The van der Waals surface area contributed by atoms with Crippen LogP contribution in [0.5, 0.6) is 0 Å². The van der Waals surface area contributed by atoms with Crippen molar-refractivity contribution in [2.75, 3.05) is 18.4 Å². The Labute approximate surface area is 159 Å². The minimum absolute atomic E-state index is 0.0412. The molecule has 1 fully saturated rings. The van der Waals surface area contributed by atoms with E-state index in [0.717, 1.165) is 28.8 Å². The van der Waals surface area contributed by atoms with Crippen LogP contribution in [0.1, 0.15) is 23.1 Å². The first-order valence-electron chi connectivity index (χ1n) is 8.82. The zero-order valence-corrected chi connectivity index (χ0v) is 15.8. The van der Waals surface area contributed by atoms with Gasteiger partial charge in [0.25, 0.3) is 0 Å². The van der Waals surface area contributed by atoms with Crippen molar-refractivity contribution in [2.45, 2.75) is 26.7 Å². The fraction of sp³-hybridized carbons (Fsp3) is 0.333. The van der Waals surface area contributed by atoms with Crippen LogP contribution in [-0.4, -0.2) is 29.8 Å². The summed E-state index contributed by atoms with van der Waals surface area (Å²) in [6, 6.07) is 13.6. The number of carbonyl (C=O) groups excluding carboxylic acids is 2. The summed E-state index contributed by atoms with van der Waals surface area (Å²) in [6.07, 6.45) is 1.03. The van der Waals surface area contributed by atoms with Crippen molar-refractivity contribution in [3.05, 3.63) is 64.2 Å². The first kappa shape index (κ1) is 18.5. The lowest BCUT2D eigenvalue weighted by Crippen LogP contribution is -2.30. The average molecular weight is 371 g/mol. The molecule has 0 bridgehead atoms. The van der Waals surface area contributed by atoms with Crippen molar-refractivity contribution in [2.24, 2.45) is 5.92 Å². The number of nitrogens with one attached hydrogen (secondary N) is 1. The predicted octanol–water partition coefficient (Wildman–Crippen LogP) is 3.99. The van der Waals surface area contributed by atoms with Crippen molar-refractivity contribution >= 4 is 29.1 Å². The summed E-state index contributed by atoms with van der Waals surface area (Å²) >= 11 is 5.89. The van der Waals surface area contributed by atoms with Gasteiger partial charge in [0.1, 0.15) is 0 Å².